The van der Waals surface area contributed by atoms with Gasteiger partial charge in [-0.1, -0.05) is 12.1 Å². The first-order valence-electron chi connectivity index (χ1n) is 6.62. The van der Waals surface area contributed by atoms with E-state index in [0.29, 0.717) is 5.56 Å². The molecule has 0 unspecified atom stereocenters. The molecule has 0 aliphatic heterocycles. The minimum Gasteiger partial charge on any atom is -0.478 e. The Bertz CT molecular complexity index is 765. The molecule has 2 N–H and O–H groups in total. The predicted octanol–water partition coefficient (Wildman–Crippen LogP) is 3.65. The van der Waals surface area contributed by atoms with Gasteiger partial charge in [0.1, 0.15) is 5.82 Å². The second-order valence-electron chi connectivity index (χ2n) is 4.67. The number of fused-ring (bicyclic) bond motifs is 1. The van der Waals surface area contributed by atoms with Crippen LogP contribution in [0.15, 0.2) is 48.0 Å². The number of nitrogens with zero attached hydrogens (tertiary/aromatic N) is 1. The molecule has 2 heterocycles. The molecule has 0 bridgehead atoms. The average molecular weight is 298 g/mol. The molecule has 4 nitrogen and oxygen atoms in total. The Morgan fingerprint density at radius 1 is 1.19 bits per heavy atom. The van der Waals surface area contributed by atoms with Crippen molar-refractivity contribution in [3.05, 3.63) is 59.1 Å². The summed E-state index contributed by atoms with van der Waals surface area (Å²) in [7, 11) is 0. The number of anilines is 1. The maximum atomic E-state index is 10.8. The Labute approximate surface area is 126 Å². The molecule has 3 aromatic rings. The maximum Gasteiger partial charge on any atom is 0.335 e. The summed E-state index contributed by atoms with van der Waals surface area (Å²) in [5.74, 6) is 0.00363. The lowest BCUT2D eigenvalue weighted by atomic mass is 10.1. The molecule has 0 fully saturated rings. The van der Waals surface area contributed by atoms with Crippen LogP contribution in [0.4, 0.5) is 5.82 Å². The number of rotatable bonds is 5. The quantitative estimate of drug-likeness (QED) is 0.754. The summed E-state index contributed by atoms with van der Waals surface area (Å²) in [5.41, 5.74) is 1.42. The van der Waals surface area contributed by atoms with Gasteiger partial charge in [-0.2, -0.15) is 0 Å². The highest BCUT2D eigenvalue weighted by Crippen LogP contribution is 2.25. The molecule has 3 rings (SSSR count). The minimum atomic E-state index is -0.895. The summed E-state index contributed by atoms with van der Waals surface area (Å²) in [6.07, 6.45) is 2.63. The van der Waals surface area contributed by atoms with Crippen LogP contribution in [0, 0.1) is 0 Å². The van der Waals surface area contributed by atoms with Crippen LogP contribution in [-0.4, -0.2) is 22.6 Å². The van der Waals surface area contributed by atoms with Crippen LogP contribution in [0.3, 0.4) is 0 Å². The predicted molar refractivity (Wildman–Crippen MR) is 85.2 cm³/mol. The first kappa shape index (κ1) is 13.6. The Balaban J connectivity index is 1.63. The molecule has 0 amide bonds. The Morgan fingerprint density at radius 2 is 2.00 bits per heavy atom. The maximum absolute atomic E-state index is 10.8. The first-order chi connectivity index (χ1) is 10.2. The first-order valence-corrected chi connectivity index (χ1v) is 7.50. The highest BCUT2D eigenvalue weighted by molar-refractivity contribution is 7.17. The molecule has 106 valence electrons. The van der Waals surface area contributed by atoms with Crippen LogP contribution in [0.25, 0.3) is 10.1 Å². The number of carbonyl (C=O) groups is 1. The van der Waals surface area contributed by atoms with E-state index in [9.17, 15) is 4.79 Å². The van der Waals surface area contributed by atoms with Gasteiger partial charge in [-0.15, -0.1) is 11.3 Å². The number of hydrogen-bond donors (Lipinski definition) is 2. The van der Waals surface area contributed by atoms with Crippen molar-refractivity contribution in [2.45, 2.75) is 6.42 Å². The van der Waals surface area contributed by atoms with Crippen LogP contribution in [0.5, 0.6) is 0 Å². The van der Waals surface area contributed by atoms with Gasteiger partial charge in [0.15, 0.2) is 0 Å². The standard InChI is InChI=1S/C16H14N2O2S/c19-16(20)12-3-1-11(2-4-12)5-8-17-15-13-7-10-21-14(13)6-9-18-15/h1-4,6-7,9-10H,5,8H2,(H,17,18)(H,19,20). The third-order valence-electron chi connectivity index (χ3n) is 3.29. The number of thiophene rings is 1. The molecule has 2 aromatic heterocycles. The Morgan fingerprint density at radius 3 is 2.76 bits per heavy atom. The minimum absolute atomic E-state index is 0.316. The van der Waals surface area contributed by atoms with Crippen LogP contribution >= 0.6 is 11.3 Å². The van der Waals surface area contributed by atoms with E-state index in [2.05, 4.69) is 21.7 Å². The van der Waals surface area contributed by atoms with Gasteiger partial charge >= 0.3 is 5.97 Å². The van der Waals surface area contributed by atoms with Crippen LogP contribution in [0.2, 0.25) is 0 Å². The molecule has 0 saturated heterocycles. The monoisotopic (exact) mass is 298 g/mol. The van der Waals surface area contributed by atoms with Gasteiger partial charge < -0.3 is 10.4 Å². The van der Waals surface area contributed by atoms with Gasteiger partial charge in [0, 0.05) is 22.8 Å². The summed E-state index contributed by atoms with van der Waals surface area (Å²) in [6, 6.07) is 11.0. The van der Waals surface area contributed by atoms with E-state index in [1.165, 1.54) is 4.70 Å². The van der Waals surface area contributed by atoms with Crippen molar-refractivity contribution in [3.8, 4) is 0 Å². The lowest BCUT2D eigenvalue weighted by Gasteiger charge is -2.07. The van der Waals surface area contributed by atoms with E-state index in [1.807, 2.05) is 24.4 Å². The van der Waals surface area contributed by atoms with Crippen LogP contribution in [0.1, 0.15) is 15.9 Å². The largest absolute Gasteiger partial charge is 0.478 e. The van der Waals surface area contributed by atoms with Crippen molar-refractivity contribution in [3.63, 3.8) is 0 Å². The van der Waals surface area contributed by atoms with Crippen molar-refractivity contribution in [2.75, 3.05) is 11.9 Å². The van der Waals surface area contributed by atoms with Gasteiger partial charge in [0.2, 0.25) is 0 Å². The van der Waals surface area contributed by atoms with E-state index in [-0.39, 0.29) is 0 Å². The van der Waals surface area contributed by atoms with Gasteiger partial charge in [-0.05, 0) is 41.6 Å². The Hall–Kier alpha value is -2.40. The molecular formula is C16H14N2O2S. The second kappa shape index (κ2) is 5.93. The zero-order valence-electron chi connectivity index (χ0n) is 11.2. The lowest BCUT2D eigenvalue weighted by molar-refractivity contribution is 0.0697. The van der Waals surface area contributed by atoms with Crippen molar-refractivity contribution >= 4 is 33.2 Å². The number of aromatic carboxylic acids is 1. The average Bonchev–Trinajstić information content (AvgIpc) is 2.97. The van der Waals surface area contributed by atoms with Gasteiger partial charge in [0.05, 0.1) is 5.56 Å². The summed E-state index contributed by atoms with van der Waals surface area (Å²) < 4.78 is 1.22. The normalized spacial score (nSPS) is 10.7. The van der Waals surface area contributed by atoms with Crippen molar-refractivity contribution in [2.24, 2.45) is 0 Å². The van der Waals surface area contributed by atoms with Crippen molar-refractivity contribution in [1.29, 1.82) is 0 Å². The summed E-state index contributed by atoms with van der Waals surface area (Å²) >= 11 is 1.70. The fraction of sp³-hybridized carbons (Fsp3) is 0.125. The van der Waals surface area contributed by atoms with Crippen LogP contribution < -0.4 is 5.32 Å². The number of aromatic nitrogens is 1. The molecule has 5 heteroatoms. The molecule has 0 saturated carbocycles. The molecule has 0 spiro atoms. The number of carboxylic acids is 1. The van der Waals surface area contributed by atoms with E-state index in [4.69, 9.17) is 5.11 Å². The van der Waals surface area contributed by atoms with E-state index >= 15 is 0 Å². The molecule has 0 radical (unpaired) electrons. The third-order valence-corrected chi connectivity index (χ3v) is 4.17. The Kier molecular flexibility index (Phi) is 3.83. The number of hydrogen-bond acceptors (Lipinski definition) is 4. The molecule has 21 heavy (non-hydrogen) atoms. The number of nitrogens with one attached hydrogen (secondary N) is 1. The molecule has 0 atom stereocenters. The SMILES string of the molecule is O=C(O)c1ccc(CCNc2nccc3sccc23)cc1. The fourth-order valence-electron chi connectivity index (χ4n) is 2.17. The number of carboxylic acid groups (broad SMARTS) is 1. The summed E-state index contributed by atoms with van der Waals surface area (Å²) in [6.45, 7) is 0.758. The molecule has 1 aromatic carbocycles. The topological polar surface area (TPSA) is 62.2 Å². The van der Waals surface area contributed by atoms with Gasteiger partial charge in [0.25, 0.3) is 0 Å². The van der Waals surface area contributed by atoms with Gasteiger partial charge in [-0.25, -0.2) is 9.78 Å². The van der Waals surface area contributed by atoms with E-state index in [1.54, 1.807) is 23.5 Å². The highest BCUT2D eigenvalue weighted by atomic mass is 32.1. The number of benzene rings is 1. The number of pyridine rings is 1. The lowest BCUT2D eigenvalue weighted by Crippen LogP contribution is -2.06. The molecule has 0 aliphatic carbocycles. The van der Waals surface area contributed by atoms with Crippen molar-refractivity contribution in [1.82, 2.24) is 4.98 Å². The van der Waals surface area contributed by atoms with E-state index < -0.39 is 5.97 Å². The molecule has 0 aliphatic rings. The molecular weight excluding hydrogens is 284 g/mol. The fourth-order valence-corrected chi connectivity index (χ4v) is 2.96. The zero-order valence-corrected chi connectivity index (χ0v) is 12.1. The van der Waals surface area contributed by atoms with E-state index in [0.717, 1.165) is 29.7 Å². The zero-order chi connectivity index (χ0) is 14.7. The third kappa shape index (κ3) is 3.03. The smallest absolute Gasteiger partial charge is 0.335 e. The van der Waals surface area contributed by atoms with Crippen LogP contribution in [-0.2, 0) is 6.42 Å². The highest BCUT2D eigenvalue weighted by Gasteiger charge is 2.04. The second-order valence-corrected chi connectivity index (χ2v) is 5.62. The van der Waals surface area contributed by atoms with Crippen molar-refractivity contribution < 1.29 is 9.90 Å². The van der Waals surface area contributed by atoms with Gasteiger partial charge in [-0.3, -0.25) is 0 Å². The summed E-state index contributed by atoms with van der Waals surface area (Å²) in [5, 5.41) is 15.4. The summed E-state index contributed by atoms with van der Waals surface area (Å²) in [4.78, 5) is 15.2.